The van der Waals surface area contributed by atoms with Crippen LogP contribution >= 0.6 is 0 Å². The van der Waals surface area contributed by atoms with Crippen LogP contribution in [0.2, 0.25) is 0 Å². The molecule has 2 saturated heterocycles. The Kier molecular flexibility index (Phi) is 4.48. The Morgan fingerprint density at radius 1 is 1.24 bits per heavy atom. The molecule has 2 aliphatic rings. The van der Waals surface area contributed by atoms with Gasteiger partial charge in [0.15, 0.2) is 0 Å². The Balaban J connectivity index is 1.78. The molecular weight excluding hydrogens is 208 g/mol. The second-order valence-corrected chi connectivity index (χ2v) is 7.06. The lowest BCUT2D eigenvalue weighted by molar-refractivity contribution is 0.190. The van der Waals surface area contributed by atoms with Gasteiger partial charge in [-0.2, -0.15) is 0 Å². The zero-order valence-corrected chi connectivity index (χ0v) is 12.0. The number of nitrogens with zero attached hydrogens (tertiary/aromatic N) is 1. The van der Waals surface area contributed by atoms with Crippen molar-refractivity contribution in [2.24, 2.45) is 11.3 Å². The summed E-state index contributed by atoms with van der Waals surface area (Å²) in [5.74, 6) is 0.937. The summed E-state index contributed by atoms with van der Waals surface area (Å²) < 4.78 is 0. The minimum Gasteiger partial charge on any atom is -0.314 e. The largest absolute Gasteiger partial charge is 0.314 e. The van der Waals surface area contributed by atoms with Crippen LogP contribution in [0.25, 0.3) is 0 Å². The van der Waals surface area contributed by atoms with E-state index in [2.05, 4.69) is 31.0 Å². The number of rotatable bonds is 2. The summed E-state index contributed by atoms with van der Waals surface area (Å²) in [6.45, 7) is 12.4. The smallest absolute Gasteiger partial charge is 0.00418 e. The summed E-state index contributed by atoms with van der Waals surface area (Å²) in [5, 5.41) is 3.56. The van der Waals surface area contributed by atoms with E-state index in [-0.39, 0.29) is 0 Å². The van der Waals surface area contributed by atoms with Gasteiger partial charge in [0, 0.05) is 12.6 Å². The first-order valence-electron chi connectivity index (χ1n) is 7.51. The van der Waals surface area contributed by atoms with E-state index >= 15 is 0 Å². The number of hydrogen-bond acceptors (Lipinski definition) is 2. The first-order valence-corrected chi connectivity index (χ1v) is 7.51. The van der Waals surface area contributed by atoms with Crippen molar-refractivity contribution >= 4 is 0 Å². The van der Waals surface area contributed by atoms with Crippen LogP contribution < -0.4 is 5.32 Å². The monoisotopic (exact) mass is 238 g/mol. The number of likely N-dealkylation sites (tertiary alicyclic amines) is 1. The summed E-state index contributed by atoms with van der Waals surface area (Å²) >= 11 is 0. The van der Waals surface area contributed by atoms with Gasteiger partial charge in [-0.3, -0.25) is 0 Å². The predicted octanol–water partition coefficient (Wildman–Crippen LogP) is 2.89. The maximum absolute atomic E-state index is 3.56. The third kappa shape index (κ3) is 4.26. The molecule has 0 amide bonds. The second kappa shape index (κ2) is 5.71. The second-order valence-electron chi connectivity index (χ2n) is 7.06. The lowest BCUT2D eigenvalue weighted by atomic mass is 9.85. The van der Waals surface area contributed by atoms with Crippen LogP contribution in [0.5, 0.6) is 0 Å². The molecule has 2 fully saturated rings. The highest BCUT2D eigenvalue weighted by Gasteiger charge is 2.25. The van der Waals surface area contributed by atoms with Crippen molar-refractivity contribution < 1.29 is 0 Å². The molecule has 2 unspecified atom stereocenters. The molecule has 0 aliphatic carbocycles. The fourth-order valence-corrected chi connectivity index (χ4v) is 3.43. The van der Waals surface area contributed by atoms with Crippen molar-refractivity contribution in [2.75, 3.05) is 26.2 Å². The first kappa shape index (κ1) is 13.4. The van der Waals surface area contributed by atoms with Gasteiger partial charge in [-0.25, -0.2) is 0 Å². The van der Waals surface area contributed by atoms with Gasteiger partial charge >= 0.3 is 0 Å². The van der Waals surface area contributed by atoms with E-state index in [1.807, 2.05) is 0 Å². The van der Waals surface area contributed by atoms with Crippen molar-refractivity contribution in [3.8, 4) is 0 Å². The molecule has 100 valence electrons. The molecule has 2 atom stereocenters. The lowest BCUT2D eigenvalue weighted by Crippen LogP contribution is -2.41. The van der Waals surface area contributed by atoms with Crippen molar-refractivity contribution in [1.29, 1.82) is 0 Å². The minimum absolute atomic E-state index is 0.580. The molecule has 2 heterocycles. The standard InChI is InChI=1S/C15H30N2/c1-13-11-14(5-8-16-13)12-17-9-4-6-15(2,3)7-10-17/h13-14,16H,4-12H2,1-3H3. The Labute approximate surface area is 107 Å². The van der Waals surface area contributed by atoms with Crippen LogP contribution in [-0.4, -0.2) is 37.1 Å². The third-order valence-electron chi connectivity index (χ3n) is 4.68. The molecular formula is C15H30N2. The zero-order chi connectivity index (χ0) is 12.3. The van der Waals surface area contributed by atoms with Gasteiger partial charge < -0.3 is 10.2 Å². The molecule has 2 nitrogen and oxygen atoms in total. The van der Waals surface area contributed by atoms with Crippen LogP contribution in [-0.2, 0) is 0 Å². The van der Waals surface area contributed by atoms with E-state index in [0.717, 1.165) is 12.0 Å². The maximum Gasteiger partial charge on any atom is 0.00418 e. The molecule has 17 heavy (non-hydrogen) atoms. The molecule has 2 heteroatoms. The van der Waals surface area contributed by atoms with E-state index in [1.165, 1.54) is 58.3 Å². The van der Waals surface area contributed by atoms with E-state index in [1.54, 1.807) is 0 Å². The molecule has 0 spiro atoms. The van der Waals surface area contributed by atoms with Gasteiger partial charge in [0.05, 0.1) is 0 Å². The Hall–Kier alpha value is -0.0800. The minimum atomic E-state index is 0.580. The SMILES string of the molecule is CC1CC(CN2CCCC(C)(C)CC2)CCN1. The lowest BCUT2D eigenvalue weighted by Gasteiger charge is -2.32. The number of hydrogen-bond donors (Lipinski definition) is 1. The van der Waals surface area contributed by atoms with Gasteiger partial charge in [0.1, 0.15) is 0 Å². The predicted molar refractivity (Wildman–Crippen MR) is 74.3 cm³/mol. The topological polar surface area (TPSA) is 15.3 Å². The summed E-state index contributed by atoms with van der Waals surface area (Å²) in [4.78, 5) is 2.73. The van der Waals surface area contributed by atoms with E-state index in [4.69, 9.17) is 0 Å². The van der Waals surface area contributed by atoms with Crippen molar-refractivity contribution in [1.82, 2.24) is 10.2 Å². The van der Waals surface area contributed by atoms with Crippen LogP contribution in [0.4, 0.5) is 0 Å². The van der Waals surface area contributed by atoms with Crippen LogP contribution in [0, 0.1) is 11.3 Å². The first-order chi connectivity index (χ1) is 8.05. The molecule has 0 bridgehead atoms. The van der Waals surface area contributed by atoms with Gasteiger partial charge in [0.25, 0.3) is 0 Å². The maximum atomic E-state index is 3.56. The zero-order valence-electron chi connectivity index (χ0n) is 12.0. The third-order valence-corrected chi connectivity index (χ3v) is 4.68. The Bertz CT molecular complexity index is 237. The highest BCUT2D eigenvalue weighted by Crippen LogP contribution is 2.30. The molecule has 0 aromatic heterocycles. The van der Waals surface area contributed by atoms with Crippen LogP contribution in [0.15, 0.2) is 0 Å². The van der Waals surface area contributed by atoms with E-state index < -0.39 is 0 Å². The molecule has 2 rings (SSSR count). The van der Waals surface area contributed by atoms with Gasteiger partial charge in [0.2, 0.25) is 0 Å². The normalized spacial score (nSPS) is 35.5. The summed E-state index contributed by atoms with van der Waals surface area (Å²) in [7, 11) is 0. The molecule has 0 saturated carbocycles. The number of piperidine rings is 1. The molecule has 0 aromatic carbocycles. The quantitative estimate of drug-likeness (QED) is 0.796. The average Bonchev–Trinajstić information content (AvgIpc) is 2.41. The fraction of sp³-hybridized carbons (Fsp3) is 1.00. The van der Waals surface area contributed by atoms with Crippen molar-refractivity contribution in [3.63, 3.8) is 0 Å². The highest BCUT2D eigenvalue weighted by molar-refractivity contribution is 4.81. The van der Waals surface area contributed by atoms with Crippen molar-refractivity contribution in [2.45, 2.75) is 58.9 Å². The summed E-state index contributed by atoms with van der Waals surface area (Å²) in [6.07, 6.45) is 6.94. The molecule has 2 aliphatic heterocycles. The summed E-state index contributed by atoms with van der Waals surface area (Å²) in [5.41, 5.74) is 0.580. The van der Waals surface area contributed by atoms with Gasteiger partial charge in [-0.1, -0.05) is 13.8 Å². The van der Waals surface area contributed by atoms with Crippen molar-refractivity contribution in [3.05, 3.63) is 0 Å². The van der Waals surface area contributed by atoms with Crippen LogP contribution in [0.1, 0.15) is 52.9 Å². The Morgan fingerprint density at radius 2 is 2.06 bits per heavy atom. The molecule has 0 aromatic rings. The van der Waals surface area contributed by atoms with E-state index in [0.29, 0.717) is 5.41 Å². The molecule has 1 N–H and O–H groups in total. The summed E-state index contributed by atoms with van der Waals surface area (Å²) in [6, 6.07) is 0.733. The average molecular weight is 238 g/mol. The van der Waals surface area contributed by atoms with Crippen LogP contribution in [0.3, 0.4) is 0 Å². The van der Waals surface area contributed by atoms with Gasteiger partial charge in [-0.05, 0) is 70.0 Å². The molecule has 0 radical (unpaired) electrons. The van der Waals surface area contributed by atoms with Gasteiger partial charge in [-0.15, -0.1) is 0 Å². The number of nitrogens with one attached hydrogen (secondary N) is 1. The van der Waals surface area contributed by atoms with E-state index in [9.17, 15) is 0 Å². The highest BCUT2D eigenvalue weighted by atomic mass is 15.1. The Morgan fingerprint density at radius 3 is 2.82 bits per heavy atom. The fourth-order valence-electron chi connectivity index (χ4n) is 3.43.